The molecule has 4 heteroatoms. The first-order valence-electron chi connectivity index (χ1n) is 4.13. The van der Waals surface area contributed by atoms with Gasteiger partial charge < -0.3 is 12.9 Å². The lowest BCUT2D eigenvalue weighted by molar-refractivity contribution is 0.499. The zero-order valence-electron chi connectivity index (χ0n) is 7.46. The van der Waals surface area contributed by atoms with Crippen molar-refractivity contribution in [1.29, 1.82) is 0 Å². The molecule has 0 unspecified atom stereocenters. The molecule has 0 bridgehead atoms. The Morgan fingerprint density at radius 3 is 1.93 bits per heavy atom. The molecule has 0 aliphatic carbocycles. The standard InChI is InChI=1S/C10H9BF3/c1-2-9-3-5-10(6-4-9)7-8-11(12,13)14/h2-8H,1H2/q-1/b8-7+. The highest BCUT2D eigenvalue weighted by Crippen LogP contribution is 2.13. The van der Waals surface area contributed by atoms with Crippen LogP contribution in [0.4, 0.5) is 12.9 Å². The summed E-state index contributed by atoms with van der Waals surface area (Å²) in [6, 6.07) is 6.68. The fourth-order valence-corrected chi connectivity index (χ4v) is 0.963. The van der Waals surface area contributed by atoms with E-state index in [-0.39, 0.29) is 5.98 Å². The average molecular weight is 197 g/mol. The molecule has 0 radical (unpaired) electrons. The molecule has 0 saturated carbocycles. The Bertz CT molecular complexity index is 335. The van der Waals surface area contributed by atoms with Crippen molar-refractivity contribution in [3.8, 4) is 0 Å². The van der Waals surface area contributed by atoms with Crippen LogP contribution in [-0.4, -0.2) is 6.98 Å². The summed E-state index contributed by atoms with van der Waals surface area (Å²) in [5.74, 6) is 0.281. The van der Waals surface area contributed by atoms with Gasteiger partial charge in [-0.3, -0.25) is 0 Å². The molecule has 14 heavy (non-hydrogen) atoms. The third-order valence-electron chi connectivity index (χ3n) is 1.68. The lowest BCUT2D eigenvalue weighted by Crippen LogP contribution is -2.09. The number of halogens is 3. The van der Waals surface area contributed by atoms with E-state index < -0.39 is 6.98 Å². The van der Waals surface area contributed by atoms with Crippen molar-refractivity contribution in [2.24, 2.45) is 0 Å². The van der Waals surface area contributed by atoms with E-state index in [1.54, 1.807) is 30.3 Å². The lowest BCUT2D eigenvalue weighted by atomic mass is 9.90. The largest absolute Gasteiger partial charge is 0.502 e. The highest BCUT2D eigenvalue weighted by molar-refractivity contribution is 6.64. The van der Waals surface area contributed by atoms with Gasteiger partial charge in [0, 0.05) is 0 Å². The van der Waals surface area contributed by atoms with Crippen LogP contribution in [0, 0.1) is 0 Å². The second kappa shape index (κ2) is 4.18. The van der Waals surface area contributed by atoms with Crippen LogP contribution >= 0.6 is 0 Å². The van der Waals surface area contributed by atoms with E-state index in [1.165, 1.54) is 0 Å². The van der Waals surface area contributed by atoms with Crippen LogP contribution in [0.25, 0.3) is 12.2 Å². The van der Waals surface area contributed by atoms with Crippen molar-refractivity contribution in [2.45, 2.75) is 0 Å². The van der Waals surface area contributed by atoms with Crippen LogP contribution in [-0.2, 0) is 0 Å². The summed E-state index contributed by atoms with van der Waals surface area (Å²) >= 11 is 0. The molecule has 0 saturated heterocycles. The Kier molecular flexibility index (Phi) is 3.17. The molecule has 1 rings (SSSR count). The number of hydrogen-bond acceptors (Lipinski definition) is 0. The van der Waals surface area contributed by atoms with E-state index in [1.807, 2.05) is 0 Å². The van der Waals surface area contributed by atoms with Crippen LogP contribution < -0.4 is 0 Å². The fraction of sp³-hybridized carbons (Fsp3) is 0. The Hall–Kier alpha value is -1.45. The molecule has 0 fully saturated rings. The highest BCUT2D eigenvalue weighted by Gasteiger charge is 2.16. The first kappa shape index (κ1) is 10.6. The van der Waals surface area contributed by atoms with E-state index in [2.05, 4.69) is 6.58 Å². The molecular weight excluding hydrogens is 188 g/mol. The molecule has 0 aromatic heterocycles. The maximum absolute atomic E-state index is 11.8. The number of hydrogen-bond donors (Lipinski definition) is 0. The molecule has 0 spiro atoms. The summed E-state index contributed by atoms with van der Waals surface area (Å²) in [4.78, 5) is 0. The van der Waals surface area contributed by atoms with Crippen molar-refractivity contribution in [3.63, 3.8) is 0 Å². The Morgan fingerprint density at radius 1 is 1.00 bits per heavy atom. The van der Waals surface area contributed by atoms with Crippen LogP contribution in [0.3, 0.4) is 0 Å². The maximum atomic E-state index is 11.8. The maximum Gasteiger partial charge on any atom is 0.502 e. The van der Waals surface area contributed by atoms with Gasteiger partial charge in [-0.15, -0.1) is 5.98 Å². The van der Waals surface area contributed by atoms with Gasteiger partial charge in [-0.1, -0.05) is 43.0 Å². The van der Waals surface area contributed by atoms with Crippen molar-refractivity contribution in [1.82, 2.24) is 0 Å². The SMILES string of the molecule is C=Cc1ccc(/C=C/[B-](F)(F)F)cc1. The molecule has 1 aromatic carbocycles. The summed E-state index contributed by atoms with van der Waals surface area (Å²) in [7, 11) is 0. The fourth-order valence-electron chi connectivity index (χ4n) is 0.963. The smallest absolute Gasteiger partial charge is 0.445 e. The summed E-state index contributed by atoms with van der Waals surface area (Å²) in [5.41, 5.74) is 1.43. The molecule has 0 amide bonds. The summed E-state index contributed by atoms with van der Waals surface area (Å²) in [6.07, 6.45) is 2.70. The van der Waals surface area contributed by atoms with Crippen LogP contribution in [0.15, 0.2) is 36.8 Å². The zero-order chi connectivity index (χ0) is 10.6. The van der Waals surface area contributed by atoms with Crippen LogP contribution in [0.5, 0.6) is 0 Å². The third-order valence-corrected chi connectivity index (χ3v) is 1.68. The van der Waals surface area contributed by atoms with Gasteiger partial charge in [-0.05, 0) is 11.1 Å². The van der Waals surface area contributed by atoms with Gasteiger partial charge in [0.1, 0.15) is 0 Å². The third kappa shape index (κ3) is 3.52. The second-order valence-corrected chi connectivity index (χ2v) is 2.86. The summed E-state index contributed by atoms with van der Waals surface area (Å²) < 4.78 is 35.5. The molecule has 0 aliphatic rings. The molecule has 0 nitrogen and oxygen atoms in total. The minimum absolute atomic E-state index is 0.281. The van der Waals surface area contributed by atoms with Gasteiger partial charge in [0.25, 0.3) is 0 Å². The van der Waals surface area contributed by atoms with E-state index >= 15 is 0 Å². The predicted octanol–water partition coefficient (Wildman–Crippen LogP) is 3.73. The molecule has 0 heterocycles. The van der Waals surface area contributed by atoms with Gasteiger partial charge in [-0.25, -0.2) is 0 Å². The summed E-state index contributed by atoms with van der Waals surface area (Å²) in [6.45, 7) is -1.29. The number of benzene rings is 1. The number of rotatable bonds is 3. The molecular formula is C10H9BF3-. The molecule has 74 valence electrons. The minimum atomic E-state index is -4.84. The second-order valence-electron chi connectivity index (χ2n) is 2.86. The van der Waals surface area contributed by atoms with E-state index in [0.29, 0.717) is 5.56 Å². The molecule has 1 aromatic rings. The van der Waals surface area contributed by atoms with Crippen LogP contribution in [0.2, 0.25) is 0 Å². The van der Waals surface area contributed by atoms with Gasteiger partial charge in [0.15, 0.2) is 0 Å². The molecule has 0 atom stereocenters. The van der Waals surface area contributed by atoms with Gasteiger partial charge in [0.2, 0.25) is 0 Å². The van der Waals surface area contributed by atoms with Gasteiger partial charge >= 0.3 is 6.98 Å². The van der Waals surface area contributed by atoms with Crippen molar-refractivity contribution < 1.29 is 12.9 Å². The van der Waals surface area contributed by atoms with Crippen molar-refractivity contribution >= 4 is 19.1 Å². The first-order chi connectivity index (χ1) is 6.51. The van der Waals surface area contributed by atoms with E-state index in [9.17, 15) is 12.9 Å². The Morgan fingerprint density at radius 2 is 1.50 bits per heavy atom. The highest BCUT2D eigenvalue weighted by atomic mass is 19.4. The van der Waals surface area contributed by atoms with Crippen LogP contribution in [0.1, 0.15) is 11.1 Å². The van der Waals surface area contributed by atoms with Crippen molar-refractivity contribution in [2.75, 3.05) is 0 Å². The Balaban J connectivity index is 2.78. The minimum Gasteiger partial charge on any atom is -0.445 e. The van der Waals surface area contributed by atoms with Gasteiger partial charge in [-0.2, -0.15) is 0 Å². The molecule has 0 N–H and O–H groups in total. The normalized spacial score (nSPS) is 11.9. The van der Waals surface area contributed by atoms with E-state index in [0.717, 1.165) is 11.6 Å². The van der Waals surface area contributed by atoms with E-state index in [4.69, 9.17) is 0 Å². The average Bonchev–Trinajstić information content (AvgIpc) is 2.14. The summed E-state index contributed by atoms with van der Waals surface area (Å²) in [5, 5.41) is 0. The predicted molar refractivity (Wildman–Crippen MR) is 54.6 cm³/mol. The van der Waals surface area contributed by atoms with Gasteiger partial charge in [0.05, 0.1) is 0 Å². The monoisotopic (exact) mass is 197 g/mol. The molecule has 0 aliphatic heterocycles. The quantitative estimate of drug-likeness (QED) is 0.647. The lowest BCUT2D eigenvalue weighted by Gasteiger charge is -2.06. The van der Waals surface area contributed by atoms with Crippen molar-refractivity contribution in [3.05, 3.63) is 47.9 Å². The zero-order valence-corrected chi connectivity index (χ0v) is 7.46. The topological polar surface area (TPSA) is 0 Å². The Labute approximate surface area is 80.8 Å². The first-order valence-corrected chi connectivity index (χ1v) is 4.13.